The Morgan fingerprint density at radius 1 is 1.19 bits per heavy atom. The molecule has 0 unspecified atom stereocenters. The number of carbonyl (C=O) groups excluding carboxylic acids is 1. The van der Waals surface area contributed by atoms with E-state index in [4.69, 9.17) is 14.6 Å². The zero-order valence-electron chi connectivity index (χ0n) is 15.6. The summed E-state index contributed by atoms with van der Waals surface area (Å²) in [6.45, 7) is 3.58. The largest absolute Gasteiger partial charge is 0.497 e. The van der Waals surface area contributed by atoms with E-state index in [0.29, 0.717) is 18.0 Å². The minimum absolute atomic E-state index is 0.0572. The molecule has 0 spiro atoms. The molecule has 1 aliphatic rings. The predicted molar refractivity (Wildman–Crippen MR) is 106 cm³/mol. The van der Waals surface area contributed by atoms with Crippen LogP contribution in [0.1, 0.15) is 6.92 Å². The standard InChI is InChI=1S/C20H25N3O4/c1-14(25)21-19-8-7-17(26-2)11-20(19)22-15-3-5-16(6-4-15)23-12-18(13-23)27-10-9-24/h3-8,11,18,22,24H,9-10,12-13H2,1-2H3,(H,21,25). The van der Waals surface area contributed by atoms with E-state index in [0.717, 1.165) is 30.2 Å². The van der Waals surface area contributed by atoms with E-state index < -0.39 is 0 Å². The van der Waals surface area contributed by atoms with E-state index in [2.05, 4.69) is 15.5 Å². The number of aliphatic hydroxyl groups is 1. The van der Waals surface area contributed by atoms with Crippen LogP contribution in [0.5, 0.6) is 5.75 Å². The van der Waals surface area contributed by atoms with Crippen LogP contribution in [0.2, 0.25) is 0 Å². The Morgan fingerprint density at radius 3 is 2.56 bits per heavy atom. The quantitative estimate of drug-likeness (QED) is 0.662. The summed E-state index contributed by atoms with van der Waals surface area (Å²) in [6, 6.07) is 13.5. The summed E-state index contributed by atoms with van der Waals surface area (Å²) in [6.07, 6.45) is 0.187. The van der Waals surface area contributed by atoms with Gasteiger partial charge >= 0.3 is 0 Å². The first-order chi connectivity index (χ1) is 13.1. The van der Waals surface area contributed by atoms with Gasteiger partial charge in [0.15, 0.2) is 0 Å². The second kappa shape index (κ2) is 8.75. The van der Waals surface area contributed by atoms with Crippen LogP contribution in [0.25, 0.3) is 0 Å². The molecule has 1 fully saturated rings. The summed E-state index contributed by atoms with van der Waals surface area (Å²) >= 11 is 0. The molecule has 1 amide bonds. The van der Waals surface area contributed by atoms with Crippen LogP contribution in [0.4, 0.5) is 22.7 Å². The number of ether oxygens (including phenoxy) is 2. The highest BCUT2D eigenvalue weighted by atomic mass is 16.5. The van der Waals surface area contributed by atoms with Gasteiger partial charge in [0.2, 0.25) is 5.91 Å². The molecular formula is C20H25N3O4. The number of aliphatic hydroxyl groups excluding tert-OH is 1. The second-order valence-corrected chi connectivity index (χ2v) is 6.39. The van der Waals surface area contributed by atoms with E-state index in [9.17, 15) is 4.79 Å². The van der Waals surface area contributed by atoms with Crippen molar-refractivity contribution < 1.29 is 19.4 Å². The van der Waals surface area contributed by atoms with Crippen molar-refractivity contribution in [2.45, 2.75) is 13.0 Å². The Labute approximate surface area is 158 Å². The van der Waals surface area contributed by atoms with Crippen LogP contribution < -0.4 is 20.3 Å². The van der Waals surface area contributed by atoms with E-state index >= 15 is 0 Å². The third kappa shape index (κ3) is 4.90. The lowest BCUT2D eigenvalue weighted by Crippen LogP contribution is -2.52. The third-order valence-electron chi connectivity index (χ3n) is 4.34. The van der Waals surface area contributed by atoms with Crippen molar-refractivity contribution in [1.29, 1.82) is 0 Å². The Balaban J connectivity index is 1.65. The van der Waals surface area contributed by atoms with Crippen molar-refractivity contribution in [2.24, 2.45) is 0 Å². The van der Waals surface area contributed by atoms with Crippen molar-refractivity contribution >= 4 is 28.7 Å². The number of nitrogens with one attached hydrogen (secondary N) is 2. The fourth-order valence-electron chi connectivity index (χ4n) is 2.94. The van der Waals surface area contributed by atoms with Crippen molar-refractivity contribution in [3.8, 4) is 5.75 Å². The molecular weight excluding hydrogens is 346 g/mol. The van der Waals surface area contributed by atoms with Gasteiger partial charge in [-0.3, -0.25) is 4.79 Å². The first-order valence-electron chi connectivity index (χ1n) is 8.89. The predicted octanol–water partition coefficient (Wildman–Crippen LogP) is 2.59. The maximum absolute atomic E-state index is 11.4. The minimum atomic E-state index is -0.130. The van der Waals surface area contributed by atoms with Gasteiger partial charge in [0.05, 0.1) is 37.8 Å². The van der Waals surface area contributed by atoms with Crippen molar-refractivity contribution in [2.75, 3.05) is 48.9 Å². The van der Waals surface area contributed by atoms with Gasteiger partial charge in [-0.2, -0.15) is 0 Å². The maximum Gasteiger partial charge on any atom is 0.221 e. The Morgan fingerprint density at radius 2 is 1.93 bits per heavy atom. The van der Waals surface area contributed by atoms with Gasteiger partial charge in [0.1, 0.15) is 5.75 Å². The fraction of sp³-hybridized carbons (Fsp3) is 0.350. The van der Waals surface area contributed by atoms with Crippen LogP contribution in [0, 0.1) is 0 Å². The Hall–Kier alpha value is -2.77. The Kier molecular flexibility index (Phi) is 6.16. The highest BCUT2D eigenvalue weighted by Gasteiger charge is 2.27. The molecule has 7 nitrogen and oxygen atoms in total. The average molecular weight is 371 g/mol. The lowest BCUT2D eigenvalue weighted by molar-refractivity contribution is -0.114. The maximum atomic E-state index is 11.4. The number of hydrogen-bond acceptors (Lipinski definition) is 6. The molecule has 2 aromatic rings. The zero-order chi connectivity index (χ0) is 19.2. The normalized spacial score (nSPS) is 13.8. The third-order valence-corrected chi connectivity index (χ3v) is 4.34. The molecule has 144 valence electrons. The lowest BCUT2D eigenvalue weighted by atomic mass is 10.1. The topological polar surface area (TPSA) is 83.1 Å². The number of hydrogen-bond donors (Lipinski definition) is 3. The number of anilines is 4. The monoisotopic (exact) mass is 371 g/mol. The van der Waals surface area contributed by atoms with Crippen LogP contribution in [-0.2, 0) is 9.53 Å². The number of rotatable bonds is 8. The molecule has 0 aliphatic carbocycles. The fourth-order valence-corrected chi connectivity index (χ4v) is 2.94. The SMILES string of the molecule is COc1ccc(NC(C)=O)c(Nc2ccc(N3CC(OCCO)C3)cc2)c1. The van der Waals surface area contributed by atoms with E-state index in [1.54, 1.807) is 13.2 Å². The van der Waals surface area contributed by atoms with Crippen LogP contribution >= 0.6 is 0 Å². The summed E-state index contributed by atoms with van der Waals surface area (Å²) in [5, 5.41) is 14.9. The molecule has 0 atom stereocenters. The highest BCUT2D eigenvalue weighted by Crippen LogP contribution is 2.31. The molecule has 1 heterocycles. The van der Waals surface area contributed by atoms with Gasteiger partial charge in [-0.25, -0.2) is 0 Å². The average Bonchev–Trinajstić information content (AvgIpc) is 2.63. The summed E-state index contributed by atoms with van der Waals surface area (Å²) in [4.78, 5) is 13.6. The molecule has 0 bridgehead atoms. The van der Waals surface area contributed by atoms with Crippen LogP contribution in [-0.4, -0.2) is 50.5 Å². The van der Waals surface area contributed by atoms with Crippen molar-refractivity contribution in [3.63, 3.8) is 0 Å². The number of methoxy groups -OCH3 is 1. The van der Waals surface area contributed by atoms with E-state index in [-0.39, 0.29) is 18.6 Å². The van der Waals surface area contributed by atoms with Crippen LogP contribution in [0.3, 0.4) is 0 Å². The van der Waals surface area contributed by atoms with Gasteiger partial charge in [-0.15, -0.1) is 0 Å². The summed E-state index contributed by atoms with van der Waals surface area (Å²) in [5.41, 5.74) is 3.49. The first-order valence-corrected chi connectivity index (χ1v) is 8.89. The minimum Gasteiger partial charge on any atom is -0.497 e. The summed E-state index contributed by atoms with van der Waals surface area (Å²) < 4.78 is 10.8. The molecule has 0 aromatic heterocycles. The van der Waals surface area contributed by atoms with E-state index in [1.807, 2.05) is 36.4 Å². The number of carbonyl (C=O) groups is 1. The smallest absolute Gasteiger partial charge is 0.221 e. The molecule has 1 aliphatic heterocycles. The van der Waals surface area contributed by atoms with Gasteiger partial charge in [0, 0.05) is 37.5 Å². The highest BCUT2D eigenvalue weighted by molar-refractivity contribution is 5.93. The molecule has 3 N–H and O–H groups in total. The number of nitrogens with zero attached hydrogens (tertiary/aromatic N) is 1. The van der Waals surface area contributed by atoms with Gasteiger partial charge in [-0.05, 0) is 36.4 Å². The second-order valence-electron chi connectivity index (χ2n) is 6.39. The lowest BCUT2D eigenvalue weighted by Gasteiger charge is -2.40. The molecule has 2 aromatic carbocycles. The molecule has 27 heavy (non-hydrogen) atoms. The van der Waals surface area contributed by atoms with Crippen LogP contribution in [0.15, 0.2) is 42.5 Å². The van der Waals surface area contributed by atoms with Gasteiger partial charge in [0.25, 0.3) is 0 Å². The summed E-state index contributed by atoms with van der Waals surface area (Å²) in [5.74, 6) is 0.576. The molecule has 7 heteroatoms. The molecule has 0 saturated carbocycles. The van der Waals surface area contributed by atoms with Gasteiger partial charge < -0.3 is 30.1 Å². The van der Waals surface area contributed by atoms with Crippen molar-refractivity contribution in [1.82, 2.24) is 0 Å². The van der Waals surface area contributed by atoms with E-state index in [1.165, 1.54) is 6.92 Å². The zero-order valence-corrected chi connectivity index (χ0v) is 15.6. The molecule has 0 radical (unpaired) electrons. The molecule has 3 rings (SSSR count). The van der Waals surface area contributed by atoms with Gasteiger partial charge in [-0.1, -0.05) is 0 Å². The number of benzene rings is 2. The number of amides is 1. The summed E-state index contributed by atoms with van der Waals surface area (Å²) in [7, 11) is 1.61. The first kappa shape index (κ1) is 19.0. The molecule has 1 saturated heterocycles. The van der Waals surface area contributed by atoms with Crippen molar-refractivity contribution in [3.05, 3.63) is 42.5 Å². The Bertz CT molecular complexity index is 773.